The molecule has 0 aliphatic carbocycles. The topological polar surface area (TPSA) is 75.4 Å². The van der Waals surface area contributed by atoms with E-state index in [1.54, 1.807) is 23.1 Å². The minimum Gasteiger partial charge on any atom is -0.388 e. The van der Waals surface area contributed by atoms with Gasteiger partial charge in [0.2, 0.25) is 5.91 Å². The Bertz CT molecular complexity index is 1150. The smallest absolute Gasteiger partial charge is 0.261 e. The Balaban J connectivity index is 1.36. The van der Waals surface area contributed by atoms with E-state index in [4.69, 9.17) is 11.6 Å². The first kappa shape index (κ1) is 22.0. The number of likely N-dealkylation sites (tertiary alicyclic amines) is 1. The predicted octanol–water partition coefficient (Wildman–Crippen LogP) is 3.80. The van der Waals surface area contributed by atoms with Gasteiger partial charge in [0.1, 0.15) is 0 Å². The summed E-state index contributed by atoms with van der Waals surface area (Å²) in [5.74, 6) is 0.0892. The summed E-state index contributed by atoms with van der Waals surface area (Å²) in [6, 6.07) is 12.9. The van der Waals surface area contributed by atoms with Gasteiger partial charge in [-0.25, -0.2) is 4.98 Å². The molecular weight excluding hydrogens is 482 g/mol. The van der Waals surface area contributed by atoms with Gasteiger partial charge in [-0.3, -0.25) is 14.2 Å². The molecule has 3 aromatic rings. The molecule has 2 heterocycles. The maximum atomic E-state index is 12.8. The standard InChI is InChI=1S/C23H23BrClN3O3/c24-17-4-1-16(2-5-17)3-8-21(29)27-11-9-23(31,10-12-27)14-28-15-26-20-13-18(25)6-7-19(20)22(28)30/h1-2,4-7,13,15,31H,3,8-12,14H2. The van der Waals surface area contributed by atoms with Gasteiger partial charge in [0.25, 0.3) is 5.56 Å². The lowest BCUT2D eigenvalue weighted by molar-refractivity contribution is -0.135. The number of carbonyl (C=O) groups excluding carboxylic acids is 1. The molecule has 31 heavy (non-hydrogen) atoms. The van der Waals surface area contributed by atoms with Crippen LogP contribution in [0, 0.1) is 0 Å². The molecule has 6 nitrogen and oxygen atoms in total. The number of nitrogens with zero attached hydrogens (tertiary/aromatic N) is 3. The molecule has 4 rings (SSSR count). The Morgan fingerprint density at radius 3 is 2.58 bits per heavy atom. The fourth-order valence-electron chi connectivity index (χ4n) is 3.95. The lowest BCUT2D eigenvalue weighted by atomic mass is 9.91. The van der Waals surface area contributed by atoms with Gasteiger partial charge in [-0.05, 0) is 55.2 Å². The molecule has 162 valence electrons. The number of hydrogen-bond donors (Lipinski definition) is 1. The summed E-state index contributed by atoms with van der Waals surface area (Å²) in [5.41, 5.74) is 0.401. The van der Waals surface area contributed by atoms with Crippen molar-refractivity contribution in [3.05, 3.63) is 74.2 Å². The first-order chi connectivity index (χ1) is 14.8. The van der Waals surface area contributed by atoms with Crippen molar-refractivity contribution in [2.24, 2.45) is 0 Å². The fourth-order valence-corrected chi connectivity index (χ4v) is 4.38. The van der Waals surface area contributed by atoms with Gasteiger partial charge >= 0.3 is 0 Å². The average Bonchev–Trinajstić information content (AvgIpc) is 2.75. The molecule has 2 aromatic carbocycles. The number of rotatable bonds is 5. The molecule has 0 radical (unpaired) electrons. The number of amides is 1. The van der Waals surface area contributed by atoms with Gasteiger partial charge in [0, 0.05) is 29.0 Å². The highest BCUT2D eigenvalue weighted by molar-refractivity contribution is 9.10. The molecule has 0 spiro atoms. The van der Waals surface area contributed by atoms with Crippen molar-refractivity contribution < 1.29 is 9.90 Å². The van der Waals surface area contributed by atoms with E-state index in [2.05, 4.69) is 20.9 Å². The number of aliphatic hydroxyl groups is 1. The largest absolute Gasteiger partial charge is 0.388 e. The van der Waals surface area contributed by atoms with E-state index in [1.165, 1.54) is 10.9 Å². The molecule has 8 heteroatoms. The maximum Gasteiger partial charge on any atom is 0.261 e. The Morgan fingerprint density at radius 1 is 1.16 bits per heavy atom. The van der Waals surface area contributed by atoms with Crippen molar-refractivity contribution in [1.82, 2.24) is 14.5 Å². The van der Waals surface area contributed by atoms with E-state index in [1.807, 2.05) is 24.3 Å². The minimum absolute atomic E-state index is 0.0892. The van der Waals surface area contributed by atoms with Crippen LogP contribution < -0.4 is 5.56 Å². The Hall–Kier alpha value is -2.22. The zero-order valence-electron chi connectivity index (χ0n) is 16.9. The summed E-state index contributed by atoms with van der Waals surface area (Å²) in [6.45, 7) is 1.10. The van der Waals surface area contributed by atoms with E-state index in [0.717, 1.165) is 10.0 Å². The molecule has 1 aliphatic rings. The monoisotopic (exact) mass is 503 g/mol. The first-order valence-electron chi connectivity index (χ1n) is 10.2. The van der Waals surface area contributed by atoms with Crippen molar-refractivity contribution in [2.75, 3.05) is 13.1 Å². The van der Waals surface area contributed by atoms with Crippen LogP contribution in [0.25, 0.3) is 10.9 Å². The predicted molar refractivity (Wildman–Crippen MR) is 124 cm³/mol. The highest BCUT2D eigenvalue weighted by Gasteiger charge is 2.34. The Labute approximate surface area is 193 Å². The summed E-state index contributed by atoms with van der Waals surface area (Å²) in [7, 11) is 0. The molecule has 1 fully saturated rings. The highest BCUT2D eigenvalue weighted by atomic mass is 79.9. The van der Waals surface area contributed by atoms with Crippen LogP contribution in [0.4, 0.5) is 0 Å². The van der Waals surface area contributed by atoms with E-state index < -0.39 is 5.60 Å². The van der Waals surface area contributed by atoms with Gasteiger partial charge in [-0.1, -0.05) is 39.7 Å². The molecule has 1 amide bonds. The number of aryl methyl sites for hydroxylation is 1. The second kappa shape index (κ2) is 9.10. The van der Waals surface area contributed by atoms with Crippen molar-refractivity contribution >= 4 is 44.3 Å². The molecule has 1 saturated heterocycles. The molecule has 1 aromatic heterocycles. The summed E-state index contributed by atoms with van der Waals surface area (Å²) in [6.07, 6.45) is 3.42. The molecule has 0 bridgehead atoms. The van der Waals surface area contributed by atoms with Crippen molar-refractivity contribution in [3.63, 3.8) is 0 Å². The molecule has 0 unspecified atom stereocenters. The zero-order chi connectivity index (χ0) is 22.0. The number of carbonyl (C=O) groups is 1. The highest BCUT2D eigenvalue weighted by Crippen LogP contribution is 2.25. The SMILES string of the molecule is O=C(CCc1ccc(Br)cc1)N1CCC(O)(Cn2cnc3cc(Cl)ccc3c2=O)CC1. The second-order valence-electron chi connectivity index (χ2n) is 8.07. The van der Waals surface area contributed by atoms with Crippen LogP contribution in [0.5, 0.6) is 0 Å². The summed E-state index contributed by atoms with van der Waals surface area (Å²) in [4.78, 5) is 31.5. The Kier molecular flexibility index (Phi) is 6.46. The second-order valence-corrected chi connectivity index (χ2v) is 9.42. The molecule has 0 saturated carbocycles. The number of aromatic nitrogens is 2. The van der Waals surface area contributed by atoms with Gasteiger partial charge in [-0.2, -0.15) is 0 Å². The summed E-state index contributed by atoms with van der Waals surface area (Å²) >= 11 is 9.38. The third kappa shape index (κ3) is 5.17. The summed E-state index contributed by atoms with van der Waals surface area (Å²) in [5, 5.41) is 12.0. The number of benzene rings is 2. The van der Waals surface area contributed by atoms with Crippen LogP contribution in [-0.2, 0) is 17.8 Å². The van der Waals surface area contributed by atoms with Crippen LogP contribution in [0.3, 0.4) is 0 Å². The van der Waals surface area contributed by atoms with E-state index >= 15 is 0 Å². The van der Waals surface area contributed by atoms with Gasteiger partial charge in [-0.15, -0.1) is 0 Å². The quantitative estimate of drug-likeness (QED) is 0.573. The zero-order valence-corrected chi connectivity index (χ0v) is 19.3. The van der Waals surface area contributed by atoms with Crippen LogP contribution in [-0.4, -0.2) is 44.2 Å². The number of piperidine rings is 1. The number of fused-ring (bicyclic) bond motifs is 1. The summed E-state index contributed by atoms with van der Waals surface area (Å²) < 4.78 is 2.46. The minimum atomic E-state index is -1.05. The normalized spacial score (nSPS) is 15.9. The molecule has 1 N–H and O–H groups in total. The number of halogens is 2. The molecule has 0 atom stereocenters. The van der Waals surface area contributed by atoms with Gasteiger partial charge < -0.3 is 10.0 Å². The molecule has 1 aliphatic heterocycles. The van der Waals surface area contributed by atoms with Gasteiger partial charge in [0.15, 0.2) is 0 Å². The van der Waals surface area contributed by atoms with E-state index in [9.17, 15) is 14.7 Å². The lowest BCUT2D eigenvalue weighted by Crippen LogP contribution is -2.49. The van der Waals surface area contributed by atoms with Crippen LogP contribution in [0.1, 0.15) is 24.8 Å². The average molecular weight is 505 g/mol. The maximum absolute atomic E-state index is 12.8. The third-order valence-electron chi connectivity index (χ3n) is 5.84. The first-order valence-corrected chi connectivity index (χ1v) is 11.4. The van der Waals surface area contributed by atoms with Crippen LogP contribution in [0.2, 0.25) is 5.02 Å². The van der Waals surface area contributed by atoms with Gasteiger partial charge in [0.05, 0.1) is 29.4 Å². The fraction of sp³-hybridized carbons (Fsp3) is 0.348. The van der Waals surface area contributed by atoms with Crippen molar-refractivity contribution in [2.45, 2.75) is 37.8 Å². The van der Waals surface area contributed by atoms with Crippen LogP contribution >= 0.6 is 27.5 Å². The molecular formula is C23H23BrClN3O3. The Morgan fingerprint density at radius 2 is 1.87 bits per heavy atom. The van der Waals surface area contributed by atoms with Crippen LogP contribution in [0.15, 0.2) is 58.1 Å². The third-order valence-corrected chi connectivity index (χ3v) is 6.60. The van der Waals surface area contributed by atoms with Crippen molar-refractivity contribution in [3.8, 4) is 0 Å². The van der Waals surface area contributed by atoms with E-state index in [0.29, 0.717) is 54.7 Å². The number of hydrogen-bond acceptors (Lipinski definition) is 4. The lowest BCUT2D eigenvalue weighted by Gasteiger charge is -2.38. The van der Waals surface area contributed by atoms with E-state index in [-0.39, 0.29) is 18.0 Å². The van der Waals surface area contributed by atoms with Crippen molar-refractivity contribution in [1.29, 1.82) is 0 Å².